The highest BCUT2D eigenvalue weighted by molar-refractivity contribution is 6.31. The first-order valence-corrected chi connectivity index (χ1v) is 12.6. The lowest BCUT2D eigenvalue weighted by molar-refractivity contribution is 0.0606. The topological polar surface area (TPSA) is 93.9 Å². The summed E-state index contributed by atoms with van der Waals surface area (Å²) in [4.78, 5) is 28.2. The normalized spacial score (nSPS) is 18.4. The van der Waals surface area contributed by atoms with Crippen LogP contribution in [-0.2, 0) is 6.54 Å². The van der Waals surface area contributed by atoms with E-state index in [1.807, 2.05) is 0 Å². The Morgan fingerprint density at radius 1 is 0.973 bits per heavy atom. The molecule has 0 spiro atoms. The molecular weight excluding hydrogens is 497 g/mol. The number of carbonyl (C=O) groups excluding carboxylic acids is 2. The molecule has 0 saturated heterocycles. The second kappa shape index (κ2) is 10.8. The predicted molar refractivity (Wildman–Crippen MR) is 138 cm³/mol. The highest BCUT2D eigenvalue weighted by Gasteiger charge is 2.29. The van der Waals surface area contributed by atoms with Crippen LogP contribution in [0.2, 0.25) is 5.02 Å². The third-order valence-electron chi connectivity index (χ3n) is 6.79. The van der Waals surface area contributed by atoms with E-state index < -0.39 is 5.82 Å². The van der Waals surface area contributed by atoms with Crippen LogP contribution in [0.1, 0.15) is 52.0 Å². The fraction of sp³-hybridized carbons (Fsp3) is 0.286. The molecule has 9 heteroatoms. The lowest BCUT2D eigenvalue weighted by atomic mass is 9.90. The molecule has 3 aromatic rings. The van der Waals surface area contributed by atoms with Crippen LogP contribution in [0.3, 0.4) is 0 Å². The first-order valence-electron chi connectivity index (χ1n) is 12.2. The van der Waals surface area contributed by atoms with Crippen molar-refractivity contribution in [2.24, 2.45) is 5.73 Å². The van der Waals surface area contributed by atoms with Crippen molar-refractivity contribution in [3.05, 3.63) is 88.2 Å². The van der Waals surface area contributed by atoms with Crippen molar-refractivity contribution in [3.63, 3.8) is 0 Å². The van der Waals surface area contributed by atoms with Crippen molar-refractivity contribution in [1.29, 1.82) is 0 Å². The standard InChI is InChI=1S/C28H27ClFN3O4/c29-24-10-7-22(32-27(34)17-4-11-25-26(14-17)37-16-36-25)13-19(24)15-33(23-8-5-21(31)6-9-23)28(35)18-2-1-3-20(30)12-18/h1-4,7,10-14,21,23H,5-6,8-9,15-16,31H2,(H,32,34). The Morgan fingerprint density at radius 2 is 1.76 bits per heavy atom. The van der Waals surface area contributed by atoms with Crippen LogP contribution in [0.4, 0.5) is 10.1 Å². The van der Waals surface area contributed by atoms with E-state index in [0.29, 0.717) is 33.3 Å². The number of hydrogen-bond donors (Lipinski definition) is 2. The van der Waals surface area contributed by atoms with Crippen molar-refractivity contribution >= 4 is 29.1 Å². The average Bonchev–Trinajstić information content (AvgIpc) is 3.37. The fourth-order valence-electron chi connectivity index (χ4n) is 4.77. The van der Waals surface area contributed by atoms with Crippen molar-refractivity contribution in [2.75, 3.05) is 12.1 Å². The number of ether oxygens (including phenoxy) is 2. The Bertz CT molecular complexity index is 1330. The van der Waals surface area contributed by atoms with Gasteiger partial charge in [-0.3, -0.25) is 9.59 Å². The van der Waals surface area contributed by atoms with Gasteiger partial charge in [-0.05, 0) is 85.8 Å². The van der Waals surface area contributed by atoms with Gasteiger partial charge < -0.3 is 25.4 Å². The number of carbonyl (C=O) groups is 2. The number of nitrogens with zero attached hydrogens (tertiary/aromatic N) is 1. The van der Waals surface area contributed by atoms with Gasteiger partial charge in [-0.15, -0.1) is 0 Å². The molecule has 1 saturated carbocycles. The highest BCUT2D eigenvalue weighted by Crippen LogP contribution is 2.33. The minimum atomic E-state index is -0.470. The molecule has 0 bridgehead atoms. The van der Waals surface area contributed by atoms with E-state index in [0.717, 1.165) is 25.7 Å². The number of benzene rings is 3. The third-order valence-corrected chi connectivity index (χ3v) is 7.16. The Morgan fingerprint density at radius 3 is 2.54 bits per heavy atom. The van der Waals surface area contributed by atoms with Crippen LogP contribution in [0.25, 0.3) is 0 Å². The first-order chi connectivity index (χ1) is 17.9. The van der Waals surface area contributed by atoms with E-state index in [2.05, 4.69) is 5.32 Å². The van der Waals surface area contributed by atoms with E-state index in [-0.39, 0.29) is 42.8 Å². The molecule has 2 aliphatic rings. The molecule has 0 aromatic heterocycles. The first kappa shape index (κ1) is 25.0. The molecule has 2 amide bonds. The highest BCUT2D eigenvalue weighted by atomic mass is 35.5. The minimum Gasteiger partial charge on any atom is -0.454 e. The van der Waals surface area contributed by atoms with Gasteiger partial charge in [0.25, 0.3) is 11.8 Å². The van der Waals surface area contributed by atoms with Crippen molar-refractivity contribution < 1.29 is 23.5 Å². The van der Waals surface area contributed by atoms with Crippen LogP contribution >= 0.6 is 11.6 Å². The molecule has 37 heavy (non-hydrogen) atoms. The molecule has 1 aliphatic carbocycles. The number of nitrogens with one attached hydrogen (secondary N) is 1. The van der Waals surface area contributed by atoms with E-state index in [1.165, 1.54) is 18.2 Å². The number of hydrogen-bond acceptors (Lipinski definition) is 5. The number of anilines is 1. The maximum absolute atomic E-state index is 13.9. The molecule has 192 valence electrons. The van der Waals surface area contributed by atoms with Crippen LogP contribution in [0.15, 0.2) is 60.7 Å². The second-order valence-corrected chi connectivity index (χ2v) is 9.75. The van der Waals surface area contributed by atoms with Gasteiger partial charge in [0, 0.05) is 40.5 Å². The summed E-state index contributed by atoms with van der Waals surface area (Å²) in [7, 11) is 0. The van der Waals surface area contributed by atoms with Gasteiger partial charge in [-0.2, -0.15) is 0 Å². The van der Waals surface area contributed by atoms with Crippen molar-refractivity contribution in [3.8, 4) is 11.5 Å². The smallest absolute Gasteiger partial charge is 0.255 e. The molecule has 1 heterocycles. The summed E-state index contributed by atoms with van der Waals surface area (Å²) in [5, 5.41) is 3.34. The number of rotatable bonds is 6. The fourth-order valence-corrected chi connectivity index (χ4v) is 4.94. The lowest BCUT2D eigenvalue weighted by Gasteiger charge is -2.36. The van der Waals surface area contributed by atoms with Gasteiger partial charge in [0.15, 0.2) is 11.5 Å². The van der Waals surface area contributed by atoms with E-state index in [4.69, 9.17) is 26.8 Å². The summed E-state index contributed by atoms with van der Waals surface area (Å²) < 4.78 is 24.6. The maximum atomic E-state index is 13.9. The molecule has 0 atom stereocenters. The summed E-state index contributed by atoms with van der Waals surface area (Å²) in [6.07, 6.45) is 3.11. The zero-order chi connectivity index (χ0) is 25.9. The molecule has 1 fully saturated rings. The van der Waals surface area contributed by atoms with Crippen LogP contribution in [0, 0.1) is 5.82 Å². The van der Waals surface area contributed by atoms with Gasteiger partial charge in [0.2, 0.25) is 6.79 Å². The van der Waals surface area contributed by atoms with Gasteiger partial charge in [-0.1, -0.05) is 17.7 Å². The van der Waals surface area contributed by atoms with Crippen LogP contribution in [0.5, 0.6) is 11.5 Å². The Balaban J connectivity index is 1.38. The zero-order valence-electron chi connectivity index (χ0n) is 20.1. The van der Waals surface area contributed by atoms with E-state index in [9.17, 15) is 14.0 Å². The summed E-state index contributed by atoms with van der Waals surface area (Å²) in [6.45, 7) is 0.334. The second-order valence-electron chi connectivity index (χ2n) is 9.34. The molecule has 1 aliphatic heterocycles. The van der Waals surface area contributed by atoms with Gasteiger partial charge in [-0.25, -0.2) is 4.39 Å². The van der Waals surface area contributed by atoms with Crippen LogP contribution in [-0.4, -0.2) is 35.6 Å². The predicted octanol–water partition coefficient (Wildman–Crippen LogP) is 5.37. The summed E-state index contributed by atoms with van der Waals surface area (Å²) in [5.74, 6) is 0.0503. The average molecular weight is 524 g/mol. The minimum absolute atomic E-state index is 0.0569. The van der Waals surface area contributed by atoms with E-state index >= 15 is 0 Å². The van der Waals surface area contributed by atoms with Crippen molar-refractivity contribution in [1.82, 2.24) is 4.90 Å². The van der Waals surface area contributed by atoms with Gasteiger partial charge in [0.05, 0.1) is 0 Å². The van der Waals surface area contributed by atoms with Crippen LogP contribution < -0.4 is 20.5 Å². The molecule has 0 radical (unpaired) electrons. The lowest BCUT2D eigenvalue weighted by Crippen LogP contribution is -2.44. The maximum Gasteiger partial charge on any atom is 0.255 e. The SMILES string of the molecule is NC1CCC(N(Cc2cc(NC(=O)c3ccc4c(c3)OCO4)ccc2Cl)C(=O)c2cccc(F)c2)CC1. The molecule has 5 rings (SSSR count). The van der Waals surface area contributed by atoms with Gasteiger partial charge >= 0.3 is 0 Å². The Kier molecular flexibility index (Phi) is 7.30. The number of amides is 2. The quantitative estimate of drug-likeness (QED) is 0.453. The zero-order valence-corrected chi connectivity index (χ0v) is 20.8. The summed E-state index contributed by atoms with van der Waals surface area (Å²) >= 11 is 6.53. The van der Waals surface area contributed by atoms with E-state index in [1.54, 1.807) is 47.4 Å². The molecule has 3 aromatic carbocycles. The molecule has 3 N–H and O–H groups in total. The number of nitrogens with two attached hydrogens (primary N) is 1. The molecular formula is C28H27ClFN3O4. The Labute approximate surface area is 219 Å². The monoisotopic (exact) mass is 523 g/mol. The summed E-state index contributed by atoms with van der Waals surface area (Å²) in [5.41, 5.74) is 8.00. The number of halogens is 2. The third kappa shape index (κ3) is 5.70. The largest absolute Gasteiger partial charge is 0.454 e. The van der Waals surface area contributed by atoms with Crippen molar-refractivity contribution in [2.45, 2.75) is 44.3 Å². The molecule has 0 unspecified atom stereocenters. The Hall–Kier alpha value is -3.62. The molecule has 7 nitrogen and oxygen atoms in total. The van der Waals surface area contributed by atoms with Gasteiger partial charge in [0.1, 0.15) is 5.82 Å². The number of fused-ring (bicyclic) bond motifs is 1. The summed E-state index contributed by atoms with van der Waals surface area (Å²) in [6, 6.07) is 15.9.